The standard InChI is InChI=1S/C33H39N7O2.C27H32F2N8/c1-4-30(41)40-19-18-39(20-25(40)13-15-34)32-27-14-17-38(29-12-6-10-24-9-5-8-23(2)31(24)29)21-28(27)35-33(36-32)42-22-26-11-7-16-37(26)3;1-5-35-8-10-36(11-9-35)16-19-6-7-24(30-14-19)33-27-31-15-22(29)25(34-27)20-12-21(28)26-23(13-20)37(17(2)3)18(4)32-26/h4-6,8-10,12,25-26H,1,7,11,13-14,16-22H2,2-3H3;6-7,12-15,17H,5,8-11,16H2,1-4H3,(H,30,31,33,34). The third kappa shape index (κ3) is 12.0. The van der Waals surface area contributed by atoms with Crippen LogP contribution in [0.3, 0.4) is 0 Å². The van der Waals surface area contributed by atoms with Gasteiger partial charge in [-0.3, -0.25) is 9.69 Å². The number of nitrogens with zero attached hydrogens (tertiary/aromatic N) is 14. The first-order valence-corrected chi connectivity index (χ1v) is 27.7. The third-order valence-electron chi connectivity index (χ3n) is 15.9. The summed E-state index contributed by atoms with van der Waals surface area (Å²) < 4.78 is 38.0. The van der Waals surface area contributed by atoms with E-state index in [0.29, 0.717) is 67.6 Å². The number of fused-ring (bicyclic) bond motifs is 3. The molecule has 3 saturated heterocycles. The monoisotopic (exact) mass is 1070 g/mol. The zero-order valence-electron chi connectivity index (χ0n) is 46.3. The Labute approximate surface area is 461 Å². The lowest BCUT2D eigenvalue weighted by Crippen LogP contribution is -2.55. The molecule has 4 aliphatic rings. The highest BCUT2D eigenvalue weighted by Crippen LogP contribution is 2.37. The van der Waals surface area contributed by atoms with E-state index < -0.39 is 11.6 Å². The molecule has 4 aliphatic heterocycles. The summed E-state index contributed by atoms with van der Waals surface area (Å²) in [5, 5.41) is 15.1. The van der Waals surface area contributed by atoms with Crippen LogP contribution in [0.4, 0.5) is 32.1 Å². The third-order valence-corrected chi connectivity index (χ3v) is 15.9. The van der Waals surface area contributed by atoms with Crippen LogP contribution in [0.5, 0.6) is 6.01 Å². The Bertz CT molecular complexity index is 3370. The molecule has 3 aromatic carbocycles. The molecule has 0 spiro atoms. The number of carbonyl (C=O) groups is 1. The van der Waals surface area contributed by atoms with E-state index in [1.165, 1.54) is 40.6 Å². The highest BCUT2D eigenvalue weighted by Gasteiger charge is 2.34. The number of ether oxygens (including phenoxy) is 1. The number of likely N-dealkylation sites (N-methyl/N-ethyl adjacent to an activating group) is 2. The molecule has 0 radical (unpaired) electrons. The lowest BCUT2D eigenvalue weighted by atomic mass is 9.99. The first kappa shape index (κ1) is 54.7. The summed E-state index contributed by atoms with van der Waals surface area (Å²) in [6.07, 6.45) is 7.59. The van der Waals surface area contributed by atoms with Gasteiger partial charge in [0.1, 0.15) is 35.3 Å². The van der Waals surface area contributed by atoms with Crippen LogP contribution in [0.25, 0.3) is 33.1 Å². The molecule has 0 saturated carbocycles. The van der Waals surface area contributed by atoms with Crippen molar-refractivity contribution in [1.29, 1.82) is 5.26 Å². The molecular weight excluding hydrogens is 1000 g/mol. The number of nitriles is 1. The first-order chi connectivity index (χ1) is 38.3. The smallest absolute Gasteiger partial charge is 0.318 e. The van der Waals surface area contributed by atoms with Crippen molar-refractivity contribution in [2.24, 2.45) is 0 Å². The van der Waals surface area contributed by atoms with Gasteiger partial charge in [-0.25, -0.2) is 28.7 Å². The Morgan fingerprint density at radius 1 is 0.899 bits per heavy atom. The fourth-order valence-electron chi connectivity index (χ4n) is 11.7. The van der Waals surface area contributed by atoms with Crippen LogP contribution < -0.4 is 19.9 Å². The Balaban J connectivity index is 0.000000180. The van der Waals surface area contributed by atoms with Crippen LogP contribution in [-0.2, 0) is 24.3 Å². The van der Waals surface area contributed by atoms with E-state index in [0.717, 1.165) is 94.0 Å². The van der Waals surface area contributed by atoms with Crippen molar-refractivity contribution in [1.82, 2.24) is 54.1 Å². The van der Waals surface area contributed by atoms with Gasteiger partial charge in [0.2, 0.25) is 11.9 Å². The summed E-state index contributed by atoms with van der Waals surface area (Å²) >= 11 is 0. The highest BCUT2D eigenvalue weighted by atomic mass is 19.1. The van der Waals surface area contributed by atoms with Crippen molar-refractivity contribution in [3.8, 4) is 23.3 Å². The van der Waals surface area contributed by atoms with Gasteiger partial charge in [-0.2, -0.15) is 15.2 Å². The predicted molar refractivity (Wildman–Crippen MR) is 305 cm³/mol. The summed E-state index contributed by atoms with van der Waals surface area (Å²) in [6.45, 7) is 24.9. The second-order valence-corrected chi connectivity index (χ2v) is 21.4. The fraction of sp³-hybridized carbons (Fsp3) is 0.433. The number of imidazole rings is 1. The maximum atomic E-state index is 14.9. The van der Waals surface area contributed by atoms with Gasteiger partial charge in [0, 0.05) is 99.4 Å². The normalized spacial score (nSPS) is 18.2. The van der Waals surface area contributed by atoms with Crippen LogP contribution in [0, 0.1) is 36.8 Å². The van der Waals surface area contributed by atoms with E-state index in [-0.39, 0.29) is 41.6 Å². The van der Waals surface area contributed by atoms with Gasteiger partial charge in [-0.15, -0.1) is 0 Å². The summed E-state index contributed by atoms with van der Waals surface area (Å²) in [4.78, 5) is 53.4. The van der Waals surface area contributed by atoms with Crippen LogP contribution in [0.15, 0.2) is 85.7 Å². The number of nitrogens with one attached hydrogen (secondary N) is 1. The number of amides is 1. The van der Waals surface area contributed by atoms with Crippen LogP contribution in [-0.4, -0.2) is 151 Å². The zero-order valence-corrected chi connectivity index (χ0v) is 46.3. The summed E-state index contributed by atoms with van der Waals surface area (Å²) in [5.41, 5.74) is 6.91. The summed E-state index contributed by atoms with van der Waals surface area (Å²) in [5.74, 6) is 1.01. The number of aryl methyl sites for hydroxylation is 2. The molecule has 0 aliphatic carbocycles. The number of aromatic nitrogens is 7. The van der Waals surface area contributed by atoms with Crippen LogP contribution in [0.2, 0.25) is 0 Å². The minimum absolute atomic E-state index is 0.00954. The second kappa shape index (κ2) is 24.1. The molecule has 19 heteroatoms. The average Bonchev–Trinajstić information content (AvgIpc) is 4.21. The zero-order chi connectivity index (χ0) is 55.3. The lowest BCUT2D eigenvalue weighted by molar-refractivity contribution is -0.128. The van der Waals surface area contributed by atoms with Gasteiger partial charge in [0.15, 0.2) is 11.6 Å². The van der Waals surface area contributed by atoms with Crippen LogP contribution >= 0.6 is 0 Å². The highest BCUT2D eigenvalue weighted by molar-refractivity contribution is 5.97. The van der Waals surface area contributed by atoms with E-state index >= 15 is 0 Å². The second-order valence-electron chi connectivity index (χ2n) is 21.4. The van der Waals surface area contributed by atoms with E-state index in [1.54, 1.807) is 11.0 Å². The molecule has 7 aromatic rings. The molecular formula is C60H71F2N15O2. The Morgan fingerprint density at radius 2 is 1.70 bits per heavy atom. The Kier molecular flexibility index (Phi) is 16.7. The molecule has 17 nitrogen and oxygen atoms in total. The topological polar surface area (TPSA) is 164 Å². The van der Waals surface area contributed by atoms with Gasteiger partial charge < -0.3 is 39.1 Å². The number of hydrogen-bond acceptors (Lipinski definition) is 15. The van der Waals surface area contributed by atoms with Gasteiger partial charge in [-0.05, 0) is 114 Å². The molecule has 8 heterocycles. The number of carbonyl (C=O) groups excluding carboxylic acids is 1. The number of piperazine rings is 2. The van der Waals surface area contributed by atoms with Crippen molar-refractivity contribution in [3.05, 3.63) is 126 Å². The quantitative estimate of drug-likeness (QED) is 0.103. The summed E-state index contributed by atoms with van der Waals surface area (Å²) in [7, 11) is 2.14. The van der Waals surface area contributed by atoms with Gasteiger partial charge >= 0.3 is 6.01 Å². The molecule has 1 N–H and O–H groups in total. The molecule has 11 rings (SSSR count). The molecule has 412 valence electrons. The fourth-order valence-corrected chi connectivity index (χ4v) is 11.7. The van der Waals surface area contributed by atoms with E-state index in [4.69, 9.17) is 14.7 Å². The van der Waals surface area contributed by atoms with E-state index in [2.05, 4.69) is 120 Å². The molecule has 3 fully saturated rings. The largest absolute Gasteiger partial charge is 0.462 e. The molecule has 2 unspecified atom stereocenters. The summed E-state index contributed by atoms with van der Waals surface area (Å²) in [6, 6.07) is 22.7. The molecule has 2 atom stereocenters. The molecule has 79 heavy (non-hydrogen) atoms. The molecule has 0 bridgehead atoms. The number of anilines is 4. The van der Waals surface area contributed by atoms with Crippen molar-refractivity contribution in [2.45, 2.75) is 91.5 Å². The minimum atomic E-state index is -0.636. The number of hydrogen-bond donors (Lipinski definition) is 1. The van der Waals surface area contributed by atoms with Crippen molar-refractivity contribution < 1.29 is 18.3 Å². The SMILES string of the molecule is C=CC(=O)N1CCN(c2nc(OCC3CCCN3C)nc3c2CCN(c2cccc4cccc(C)c24)C3)CC1CC#N.CCN1CCN(Cc2ccc(Nc3ncc(F)c(-c4cc(F)c5nc(C)n(C(C)C)c5c4)n3)nc2)CC1. The maximum absolute atomic E-state index is 14.9. The van der Waals surface area contributed by atoms with Crippen LogP contribution in [0.1, 0.15) is 74.3 Å². The van der Waals surface area contributed by atoms with Gasteiger partial charge in [-0.1, -0.05) is 49.9 Å². The number of likely N-dealkylation sites (tertiary alicyclic amines) is 1. The van der Waals surface area contributed by atoms with Crippen molar-refractivity contribution in [2.75, 3.05) is 94.2 Å². The predicted octanol–water partition coefficient (Wildman–Crippen LogP) is 9.03. The van der Waals surface area contributed by atoms with Crippen molar-refractivity contribution >= 4 is 51.0 Å². The van der Waals surface area contributed by atoms with Gasteiger partial charge in [0.25, 0.3) is 0 Å². The number of benzene rings is 3. The Morgan fingerprint density at radius 3 is 2.42 bits per heavy atom. The molecule has 4 aromatic heterocycles. The number of pyridine rings is 1. The lowest BCUT2D eigenvalue weighted by Gasteiger charge is -2.42. The van der Waals surface area contributed by atoms with Crippen molar-refractivity contribution in [3.63, 3.8) is 0 Å². The van der Waals surface area contributed by atoms with Gasteiger partial charge in [0.05, 0.1) is 42.5 Å². The van der Waals surface area contributed by atoms with E-state index in [1.807, 2.05) is 43.7 Å². The first-order valence-electron chi connectivity index (χ1n) is 27.7. The Hall–Kier alpha value is -7.66. The number of halogens is 2. The minimum Gasteiger partial charge on any atom is -0.462 e. The average molecular weight is 1070 g/mol. The van der Waals surface area contributed by atoms with E-state index in [9.17, 15) is 18.8 Å². The number of rotatable bonds is 14. The maximum Gasteiger partial charge on any atom is 0.318 e. The molecule has 1 amide bonds.